The fraction of sp³-hybridized carbons (Fsp3) is 0.619. The number of sulfonamides is 1. The first-order valence-electron chi connectivity index (χ1n) is 10.2. The molecule has 1 saturated heterocycles. The van der Waals surface area contributed by atoms with Gasteiger partial charge < -0.3 is 9.80 Å². The summed E-state index contributed by atoms with van der Waals surface area (Å²) in [7, 11) is -2.35. The van der Waals surface area contributed by atoms with Crippen molar-refractivity contribution in [2.45, 2.75) is 51.5 Å². The Hall–Kier alpha value is -1.93. The van der Waals surface area contributed by atoms with Gasteiger partial charge in [-0.3, -0.25) is 9.59 Å². The molecule has 0 bridgehead atoms. The number of amides is 2. The average Bonchev–Trinajstić information content (AvgIpc) is 2.95. The van der Waals surface area contributed by atoms with Gasteiger partial charge in [-0.05, 0) is 55.4 Å². The number of carbonyl (C=O) groups excluding carboxylic acids is 2. The summed E-state index contributed by atoms with van der Waals surface area (Å²) in [6, 6.07) is 4.85. The fourth-order valence-electron chi connectivity index (χ4n) is 4.67. The fourth-order valence-corrected chi connectivity index (χ4v) is 5.84. The molecule has 7 nitrogen and oxygen atoms in total. The van der Waals surface area contributed by atoms with Gasteiger partial charge in [0, 0.05) is 38.8 Å². The van der Waals surface area contributed by atoms with Crippen LogP contribution >= 0.6 is 0 Å². The summed E-state index contributed by atoms with van der Waals surface area (Å²) in [4.78, 5) is 28.2. The van der Waals surface area contributed by atoms with E-state index in [0.29, 0.717) is 31.3 Å². The van der Waals surface area contributed by atoms with E-state index in [0.717, 1.165) is 22.0 Å². The van der Waals surface area contributed by atoms with Gasteiger partial charge in [0.25, 0.3) is 0 Å². The molecule has 0 radical (unpaired) electrons. The quantitative estimate of drug-likeness (QED) is 0.746. The molecular weight excluding hydrogens is 390 g/mol. The first-order chi connectivity index (χ1) is 13.5. The largest absolute Gasteiger partial charge is 0.341 e. The van der Waals surface area contributed by atoms with E-state index in [1.165, 1.54) is 20.0 Å². The van der Waals surface area contributed by atoms with Crippen LogP contribution in [0.4, 0.5) is 5.69 Å². The normalized spacial score (nSPS) is 24.7. The van der Waals surface area contributed by atoms with Crippen molar-refractivity contribution < 1.29 is 18.0 Å². The zero-order valence-corrected chi connectivity index (χ0v) is 18.7. The Bertz CT molecular complexity index is 905. The van der Waals surface area contributed by atoms with Crippen LogP contribution in [-0.4, -0.2) is 62.2 Å². The topological polar surface area (TPSA) is 78.0 Å². The van der Waals surface area contributed by atoms with Gasteiger partial charge in [-0.25, -0.2) is 8.42 Å². The zero-order chi connectivity index (χ0) is 21.5. The van der Waals surface area contributed by atoms with Gasteiger partial charge in [-0.1, -0.05) is 13.8 Å². The molecule has 0 unspecified atom stereocenters. The number of likely N-dealkylation sites (N-methyl/N-ethyl adjacent to an activating group) is 1. The Morgan fingerprint density at radius 1 is 1.14 bits per heavy atom. The maximum atomic E-state index is 13.1. The molecule has 0 aliphatic carbocycles. The summed E-state index contributed by atoms with van der Waals surface area (Å²) in [5.74, 6) is 0.631. The highest BCUT2D eigenvalue weighted by Gasteiger charge is 2.32. The molecule has 0 saturated carbocycles. The predicted molar refractivity (Wildman–Crippen MR) is 112 cm³/mol. The molecule has 2 heterocycles. The lowest BCUT2D eigenvalue weighted by Gasteiger charge is -2.35. The van der Waals surface area contributed by atoms with Gasteiger partial charge in [0.05, 0.1) is 11.4 Å². The standard InChI is InChI=1S/C21H31N3O4S/c1-14-8-15(2)12-23(11-14)21(26)13-22(5)29(27,28)19-6-7-20-18(10-19)9-16(3)24(20)17(4)25/h6-7,10,14-16H,8-9,11-13H2,1-5H3/t14-,15-,16+/m1/s1. The SMILES string of the molecule is CC(=O)N1c2ccc(S(=O)(=O)N(C)CC(=O)N3C[C@H](C)C[C@@H](C)C3)cc2C[C@@H]1C. The van der Waals surface area contributed by atoms with E-state index in [-0.39, 0.29) is 29.3 Å². The van der Waals surface area contributed by atoms with E-state index in [1.807, 2.05) is 6.92 Å². The molecule has 0 aromatic heterocycles. The molecule has 29 heavy (non-hydrogen) atoms. The number of hydrogen-bond acceptors (Lipinski definition) is 4. The van der Waals surface area contributed by atoms with Gasteiger partial charge in [0.15, 0.2) is 0 Å². The van der Waals surface area contributed by atoms with Crippen molar-refractivity contribution in [1.29, 1.82) is 0 Å². The van der Waals surface area contributed by atoms with Crippen LogP contribution in [0.25, 0.3) is 0 Å². The summed E-state index contributed by atoms with van der Waals surface area (Å²) in [6.45, 7) is 8.87. The number of nitrogens with zero attached hydrogens (tertiary/aromatic N) is 3. The maximum Gasteiger partial charge on any atom is 0.243 e. The number of carbonyl (C=O) groups is 2. The van der Waals surface area contributed by atoms with Crippen molar-refractivity contribution in [3.8, 4) is 0 Å². The molecule has 2 amide bonds. The van der Waals surface area contributed by atoms with Crippen molar-refractivity contribution in [3.05, 3.63) is 23.8 Å². The molecular formula is C21H31N3O4S. The highest BCUT2D eigenvalue weighted by Crippen LogP contribution is 2.34. The van der Waals surface area contributed by atoms with E-state index >= 15 is 0 Å². The Morgan fingerprint density at radius 2 is 1.76 bits per heavy atom. The van der Waals surface area contributed by atoms with E-state index in [2.05, 4.69) is 13.8 Å². The van der Waals surface area contributed by atoms with Crippen LogP contribution in [0.2, 0.25) is 0 Å². The summed E-state index contributed by atoms with van der Waals surface area (Å²) >= 11 is 0. The lowest BCUT2D eigenvalue weighted by molar-refractivity contribution is -0.133. The number of piperidine rings is 1. The number of benzene rings is 1. The molecule has 2 aliphatic heterocycles. The van der Waals surface area contributed by atoms with E-state index in [9.17, 15) is 18.0 Å². The number of rotatable bonds is 4. The molecule has 3 atom stereocenters. The minimum Gasteiger partial charge on any atom is -0.341 e. The summed E-state index contributed by atoms with van der Waals surface area (Å²) < 4.78 is 27.2. The van der Waals surface area contributed by atoms with Crippen molar-refractivity contribution in [2.24, 2.45) is 11.8 Å². The van der Waals surface area contributed by atoms with E-state index in [1.54, 1.807) is 21.9 Å². The molecule has 1 aromatic carbocycles. The number of hydrogen-bond donors (Lipinski definition) is 0. The molecule has 1 fully saturated rings. The van der Waals surface area contributed by atoms with E-state index in [4.69, 9.17) is 0 Å². The van der Waals surface area contributed by atoms with Crippen LogP contribution in [0.1, 0.15) is 39.7 Å². The smallest absolute Gasteiger partial charge is 0.243 e. The summed E-state index contributed by atoms with van der Waals surface area (Å²) in [6.07, 6.45) is 1.70. The third kappa shape index (κ3) is 4.33. The van der Waals surface area contributed by atoms with Crippen LogP contribution in [0.15, 0.2) is 23.1 Å². The van der Waals surface area contributed by atoms with Gasteiger partial charge in [0.2, 0.25) is 21.8 Å². The van der Waals surface area contributed by atoms with Crippen molar-refractivity contribution in [3.63, 3.8) is 0 Å². The van der Waals surface area contributed by atoms with Crippen LogP contribution in [0, 0.1) is 11.8 Å². The van der Waals surface area contributed by atoms with Crippen LogP contribution in [-0.2, 0) is 26.0 Å². The first-order valence-corrected chi connectivity index (χ1v) is 11.6. The Labute approximate surface area is 173 Å². The van der Waals surface area contributed by atoms with Crippen LogP contribution in [0.3, 0.4) is 0 Å². The zero-order valence-electron chi connectivity index (χ0n) is 17.9. The van der Waals surface area contributed by atoms with Crippen molar-refractivity contribution in [2.75, 3.05) is 31.6 Å². The molecule has 2 aliphatic rings. The third-order valence-corrected chi connectivity index (χ3v) is 7.69. The Morgan fingerprint density at radius 3 is 2.34 bits per heavy atom. The van der Waals surface area contributed by atoms with Crippen molar-refractivity contribution in [1.82, 2.24) is 9.21 Å². The lowest BCUT2D eigenvalue weighted by Crippen LogP contribution is -2.47. The monoisotopic (exact) mass is 421 g/mol. The van der Waals surface area contributed by atoms with Crippen molar-refractivity contribution >= 4 is 27.5 Å². The second-order valence-electron chi connectivity index (χ2n) is 8.74. The number of anilines is 1. The highest BCUT2D eigenvalue weighted by atomic mass is 32.2. The first kappa shape index (κ1) is 21.8. The summed E-state index contributed by atoms with van der Waals surface area (Å²) in [5, 5.41) is 0. The van der Waals surface area contributed by atoms with Gasteiger partial charge >= 0.3 is 0 Å². The maximum absolute atomic E-state index is 13.1. The van der Waals surface area contributed by atoms with Gasteiger partial charge in [0.1, 0.15) is 0 Å². The Balaban J connectivity index is 1.76. The second kappa shape index (κ2) is 8.07. The molecule has 3 rings (SSSR count). The molecule has 1 aromatic rings. The minimum absolute atomic E-state index is 0.00263. The molecule has 0 spiro atoms. The molecule has 0 N–H and O–H groups in total. The molecule has 8 heteroatoms. The van der Waals surface area contributed by atoms with E-state index < -0.39 is 10.0 Å². The number of likely N-dealkylation sites (tertiary alicyclic amines) is 1. The lowest BCUT2D eigenvalue weighted by atomic mass is 9.92. The van der Waals surface area contributed by atoms with Gasteiger partial charge in [-0.15, -0.1) is 0 Å². The van der Waals surface area contributed by atoms with Gasteiger partial charge in [-0.2, -0.15) is 4.31 Å². The minimum atomic E-state index is -3.79. The predicted octanol–water partition coefficient (Wildman–Crippen LogP) is 2.11. The highest BCUT2D eigenvalue weighted by molar-refractivity contribution is 7.89. The average molecular weight is 422 g/mol. The summed E-state index contributed by atoms with van der Waals surface area (Å²) in [5.41, 5.74) is 1.60. The number of fused-ring (bicyclic) bond motifs is 1. The van der Waals surface area contributed by atoms with Crippen LogP contribution in [0.5, 0.6) is 0 Å². The second-order valence-corrected chi connectivity index (χ2v) is 10.8. The Kier molecular flexibility index (Phi) is 6.06. The third-order valence-electron chi connectivity index (χ3n) is 5.89. The van der Waals surface area contributed by atoms with Crippen LogP contribution < -0.4 is 4.90 Å². The molecule has 160 valence electrons.